The molecule has 4 heteroatoms. The second-order valence-electron chi connectivity index (χ2n) is 5.30. The van der Waals surface area contributed by atoms with Gasteiger partial charge >= 0.3 is 0 Å². The quantitative estimate of drug-likeness (QED) is 0.861. The molecule has 0 aliphatic rings. The molecular formula is C15H21NO2S. The van der Waals surface area contributed by atoms with Gasteiger partial charge in [0, 0.05) is 23.1 Å². The van der Waals surface area contributed by atoms with E-state index >= 15 is 0 Å². The predicted molar refractivity (Wildman–Crippen MR) is 80.1 cm³/mol. The first-order valence-corrected chi connectivity index (χ1v) is 8.37. The number of benzene rings is 1. The van der Waals surface area contributed by atoms with Crippen LogP contribution in [0.25, 0.3) is 10.9 Å². The van der Waals surface area contributed by atoms with Gasteiger partial charge in [-0.15, -0.1) is 0 Å². The molecule has 1 heterocycles. The van der Waals surface area contributed by atoms with Crippen molar-refractivity contribution in [2.75, 3.05) is 0 Å². The third-order valence-electron chi connectivity index (χ3n) is 3.53. The van der Waals surface area contributed by atoms with Crippen LogP contribution in [-0.4, -0.2) is 18.2 Å². The Hall–Kier alpha value is -1.29. The maximum absolute atomic E-state index is 12.1. The lowest BCUT2D eigenvalue weighted by atomic mass is 10.2. The fourth-order valence-corrected chi connectivity index (χ4v) is 3.30. The number of aromatic nitrogens is 1. The van der Waals surface area contributed by atoms with Crippen LogP contribution in [0.5, 0.6) is 0 Å². The van der Waals surface area contributed by atoms with E-state index in [0.717, 1.165) is 23.1 Å². The molecule has 0 spiro atoms. The lowest BCUT2D eigenvalue weighted by Crippen LogP contribution is -2.18. The van der Waals surface area contributed by atoms with Gasteiger partial charge in [0.25, 0.3) is 0 Å². The zero-order valence-corrected chi connectivity index (χ0v) is 12.8. The molecule has 0 amide bonds. The van der Waals surface area contributed by atoms with Crippen LogP contribution in [0.2, 0.25) is 0 Å². The van der Waals surface area contributed by atoms with Crippen molar-refractivity contribution in [2.24, 2.45) is 0 Å². The molecule has 0 fully saturated rings. The molecule has 0 bridgehead atoms. The Morgan fingerprint density at radius 1 is 1.21 bits per heavy atom. The summed E-state index contributed by atoms with van der Waals surface area (Å²) in [5.41, 5.74) is 3.19. The zero-order chi connectivity index (χ0) is 14.2. The van der Waals surface area contributed by atoms with Crippen LogP contribution in [0.15, 0.2) is 24.3 Å². The van der Waals surface area contributed by atoms with Gasteiger partial charge < -0.3 is 4.57 Å². The Labute approximate surface area is 115 Å². The van der Waals surface area contributed by atoms with Crippen molar-refractivity contribution in [3.05, 3.63) is 35.5 Å². The van der Waals surface area contributed by atoms with Gasteiger partial charge in [0.2, 0.25) is 0 Å². The molecule has 0 saturated carbocycles. The standard InChI is InChI=1S/C15H21NO2S/c1-5-16-14(10-19(17,18)11(2)3)9-13-8-12(4)6-7-15(13)16/h6-9,11H,5,10H2,1-4H3. The van der Waals surface area contributed by atoms with Crippen LogP contribution in [0.1, 0.15) is 32.0 Å². The van der Waals surface area contributed by atoms with Crippen molar-refractivity contribution in [3.8, 4) is 0 Å². The molecule has 0 aliphatic carbocycles. The molecule has 0 unspecified atom stereocenters. The number of fused-ring (bicyclic) bond motifs is 1. The molecule has 2 aromatic rings. The molecule has 0 aliphatic heterocycles. The summed E-state index contributed by atoms with van der Waals surface area (Å²) in [7, 11) is -3.06. The Morgan fingerprint density at radius 3 is 2.47 bits per heavy atom. The third kappa shape index (κ3) is 2.68. The molecule has 0 saturated heterocycles. The first kappa shape index (κ1) is 14.1. The van der Waals surface area contributed by atoms with Gasteiger partial charge in [0.05, 0.1) is 11.0 Å². The number of sulfone groups is 1. The van der Waals surface area contributed by atoms with Crippen LogP contribution >= 0.6 is 0 Å². The number of hydrogen-bond donors (Lipinski definition) is 0. The molecule has 3 nitrogen and oxygen atoms in total. The Kier molecular flexibility index (Phi) is 3.72. The van der Waals surface area contributed by atoms with E-state index in [2.05, 4.69) is 22.8 Å². The summed E-state index contributed by atoms with van der Waals surface area (Å²) in [6.07, 6.45) is 0. The Morgan fingerprint density at radius 2 is 1.89 bits per heavy atom. The van der Waals surface area contributed by atoms with Gasteiger partial charge in [-0.25, -0.2) is 8.42 Å². The highest BCUT2D eigenvalue weighted by Gasteiger charge is 2.20. The van der Waals surface area contributed by atoms with Crippen LogP contribution < -0.4 is 0 Å². The summed E-state index contributed by atoms with van der Waals surface area (Å²) >= 11 is 0. The molecule has 0 atom stereocenters. The second kappa shape index (κ2) is 5.00. The van der Waals surface area contributed by atoms with Gasteiger partial charge in [0.15, 0.2) is 9.84 Å². The first-order chi connectivity index (χ1) is 8.85. The van der Waals surface area contributed by atoms with Crippen molar-refractivity contribution >= 4 is 20.7 Å². The number of rotatable bonds is 4. The number of aryl methyl sites for hydroxylation is 2. The zero-order valence-electron chi connectivity index (χ0n) is 12.0. The summed E-state index contributed by atoms with van der Waals surface area (Å²) in [6.45, 7) is 8.35. The van der Waals surface area contributed by atoms with E-state index in [-0.39, 0.29) is 11.0 Å². The summed E-state index contributed by atoms with van der Waals surface area (Å²) in [5, 5.41) is 0.786. The largest absolute Gasteiger partial charge is 0.344 e. The maximum atomic E-state index is 12.1. The maximum Gasteiger partial charge on any atom is 0.158 e. The van der Waals surface area contributed by atoms with E-state index in [0.29, 0.717) is 0 Å². The van der Waals surface area contributed by atoms with Crippen LogP contribution in [0, 0.1) is 6.92 Å². The highest BCUT2D eigenvalue weighted by molar-refractivity contribution is 7.91. The summed E-state index contributed by atoms with van der Waals surface area (Å²) in [6, 6.07) is 8.24. The van der Waals surface area contributed by atoms with Gasteiger partial charge in [-0.3, -0.25) is 0 Å². The lowest BCUT2D eigenvalue weighted by molar-refractivity contribution is 0.584. The highest BCUT2D eigenvalue weighted by Crippen LogP contribution is 2.23. The van der Waals surface area contributed by atoms with E-state index in [4.69, 9.17) is 0 Å². The summed E-state index contributed by atoms with van der Waals surface area (Å²) in [5.74, 6) is 0.117. The summed E-state index contributed by atoms with van der Waals surface area (Å²) < 4.78 is 26.3. The van der Waals surface area contributed by atoms with E-state index in [1.807, 2.05) is 19.9 Å². The highest BCUT2D eigenvalue weighted by atomic mass is 32.2. The third-order valence-corrected chi connectivity index (χ3v) is 5.66. The fourth-order valence-electron chi connectivity index (χ4n) is 2.31. The smallest absolute Gasteiger partial charge is 0.158 e. The molecule has 104 valence electrons. The SMILES string of the molecule is CCn1c(CS(=O)(=O)C(C)C)cc2cc(C)ccc21. The van der Waals surface area contributed by atoms with E-state index in [9.17, 15) is 8.42 Å². The average molecular weight is 279 g/mol. The minimum absolute atomic E-state index is 0.117. The van der Waals surface area contributed by atoms with E-state index < -0.39 is 9.84 Å². The molecular weight excluding hydrogens is 258 g/mol. The molecule has 1 aromatic carbocycles. The van der Waals surface area contributed by atoms with Crippen molar-refractivity contribution in [3.63, 3.8) is 0 Å². The minimum atomic E-state index is -3.06. The normalized spacial score (nSPS) is 12.5. The van der Waals surface area contributed by atoms with Crippen LogP contribution in [-0.2, 0) is 22.1 Å². The van der Waals surface area contributed by atoms with Crippen molar-refractivity contribution in [2.45, 2.75) is 45.2 Å². The average Bonchev–Trinajstić information content (AvgIpc) is 2.64. The Balaban J connectivity index is 2.55. The minimum Gasteiger partial charge on any atom is -0.344 e. The monoisotopic (exact) mass is 279 g/mol. The van der Waals surface area contributed by atoms with Crippen molar-refractivity contribution < 1.29 is 8.42 Å². The van der Waals surface area contributed by atoms with Crippen LogP contribution in [0.4, 0.5) is 0 Å². The predicted octanol–water partition coefficient (Wildman–Crippen LogP) is 3.29. The Bertz CT molecular complexity index is 696. The molecule has 0 N–H and O–H groups in total. The molecule has 19 heavy (non-hydrogen) atoms. The lowest BCUT2D eigenvalue weighted by Gasteiger charge is -2.10. The van der Waals surface area contributed by atoms with E-state index in [1.165, 1.54) is 5.56 Å². The molecule has 0 radical (unpaired) electrons. The second-order valence-corrected chi connectivity index (χ2v) is 7.86. The summed E-state index contributed by atoms with van der Waals surface area (Å²) in [4.78, 5) is 0. The van der Waals surface area contributed by atoms with Crippen molar-refractivity contribution in [1.82, 2.24) is 4.57 Å². The molecule has 1 aromatic heterocycles. The number of nitrogens with zero attached hydrogens (tertiary/aromatic N) is 1. The molecule has 2 rings (SSSR count). The van der Waals surface area contributed by atoms with Gasteiger partial charge in [-0.05, 0) is 45.9 Å². The van der Waals surface area contributed by atoms with Crippen molar-refractivity contribution in [1.29, 1.82) is 0 Å². The van der Waals surface area contributed by atoms with Gasteiger partial charge in [-0.2, -0.15) is 0 Å². The van der Waals surface area contributed by atoms with Gasteiger partial charge in [0.1, 0.15) is 0 Å². The topological polar surface area (TPSA) is 39.1 Å². The van der Waals surface area contributed by atoms with E-state index in [1.54, 1.807) is 13.8 Å². The van der Waals surface area contributed by atoms with Crippen LogP contribution in [0.3, 0.4) is 0 Å². The first-order valence-electron chi connectivity index (χ1n) is 6.65. The van der Waals surface area contributed by atoms with Gasteiger partial charge in [-0.1, -0.05) is 11.6 Å². The number of hydrogen-bond acceptors (Lipinski definition) is 2. The fraction of sp³-hybridized carbons (Fsp3) is 0.467.